The van der Waals surface area contributed by atoms with Gasteiger partial charge in [-0.25, -0.2) is 0 Å². The van der Waals surface area contributed by atoms with Gasteiger partial charge in [-0.3, -0.25) is 4.79 Å². The van der Waals surface area contributed by atoms with Crippen LogP contribution < -0.4 is 10.1 Å². The summed E-state index contributed by atoms with van der Waals surface area (Å²) in [5.74, 6) is 1.29. The molecule has 2 atom stereocenters. The minimum atomic E-state index is -0.567. The van der Waals surface area contributed by atoms with Gasteiger partial charge >= 0.3 is 0 Å². The summed E-state index contributed by atoms with van der Waals surface area (Å²) in [7, 11) is 1.68. The first kappa shape index (κ1) is 16.8. The third-order valence-electron chi connectivity index (χ3n) is 4.50. The second-order valence-electron chi connectivity index (χ2n) is 6.47. The van der Waals surface area contributed by atoms with E-state index in [9.17, 15) is 9.90 Å². The summed E-state index contributed by atoms with van der Waals surface area (Å²) in [6, 6.07) is 6.21. The van der Waals surface area contributed by atoms with Gasteiger partial charge < -0.3 is 15.2 Å². The van der Waals surface area contributed by atoms with Crippen molar-refractivity contribution in [1.82, 2.24) is 5.32 Å². The van der Waals surface area contributed by atoms with Gasteiger partial charge in [-0.2, -0.15) is 0 Å². The van der Waals surface area contributed by atoms with Crippen LogP contribution in [0.1, 0.15) is 50.2 Å². The zero-order chi connectivity index (χ0) is 16.1. The highest BCUT2D eigenvalue weighted by molar-refractivity contribution is 5.76. The lowest BCUT2D eigenvalue weighted by Gasteiger charge is -2.26. The van der Waals surface area contributed by atoms with E-state index in [-0.39, 0.29) is 18.2 Å². The zero-order valence-corrected chi connectivity index (χ0v) is 13.8. The highest BCUT2D eigenvalue weighted by Crippen LogP contribution is 2.33. The molecule has 1 aromatic rings. The number of aliphatic hydroxyl groups is 1. The molecule has 2 N–H and O–H groups in total. The van der Waals surface area contributed by atoms with Crippen LogP contribution in [0.25, 0.3) is 0 Å². The number of aryl methyl sites for hydroxylation is 1. The van der Waals surface area contributed by atoms with Crippen molar-refractivity contribution < 1.29 is 14.6 Å². The largest absolute Gasteiger partial charge is 0.497 e. The van der Waals surface area contributed by atoms with Crippen LogP contribution in [0.5, 0.6) is 5.75 Å². The summed E-state index contributed by atoms with van der Waals surface area (Å²) in [5.41, 5.74) is 2.64. The number of methoxy groups -OCH3 is 1. The van der Waals surface area contributed by atoms with Gasteiger partial charge in [-0.1, -0.05) is 19.9 Å². The third-order valence-corrected chi connectivity index (χ3v) is 4.50. The standard InChI is InChI=1S/C18H27NO3/c1-12(2)17(20)10-18(21)19-11-14-6-4-5-13-9-15(22-3)7-8-16(13)14/h7-9,12,14,17,20H,4-6,10-11H2,1-3H3,(H,19,21)/t14-,17+/m1/s1. The molecular weight excluding hydrogens is 278 g/mol. The van der Waals surface area contributed by atoms with Crippen molar-refractivity contribution in [3.8, 4) is 5.75 Å². The van der Waals surface area contributed by atoms with E-state index in [4.69, 9.17) is 4.74 Å². The van der Waals surface area contributed by atoms with Crippen molar-refractivity contribution in [3.63, 3.8) is 0 Å². The first-order valence-electron chi connectivity index (χ1n) is 8.12. The summed E-state index contributed by atoms with van der Waals surface area (Å²) >= 11 is 0. The normalized spacial score (nSPS) is 18.7. The number of nitrogens with one attached hydrogen (secondary N) is 1. The molecule has 4 heteroatoms. The van der Waals surface area contributed by atoms with E-state index >= 15 is 0 Å². The van der Waals surface area contributed by atoms with Crippen molar-refractivity contribution in [1.29, 1.82) is 0 Å². The summed E-state index contributed by atoms with van der Waals surface area (Å²) in [4.78, 5) is 11.9. The number of hydrogen-bond donors (Lipinski definition) is 2. The van der Waals surface area contributed by atoms with Gasteiger partial charge in [0.2, 0.25) is 5.91 Å². The fourth-order valence-corrected chi connectivity index (χ4v) is 2.97. The monoisotopic (exact) mass is 305 g/mol. The van der Waals surface area contributed by atoms with Crippen LogP contribution in [0.2, 0.25) is 0 Å². The maximum Gasteiger partial charge on any atom is 0.222 e. The molecule has 4 nitrogen and oxygen atoms in total. The number of benzene rings is 1. The van der Waals surface area contributed by atoms with E-state index in [0.717, 1.165) is 25.0 Å². The molecule has 0 aromatic heterocycles. The second-order valence-corrected chi connectivity index (χ2v) is 6.47. The third kappa shape index (κ3) is 4.23. The maximum atomic E-state index is 11.9. The number of ether oxygens (including phenoxy) is 1. The lowest BCUT2D eigenvalue weighted by molar-refractivity contribution is -0.123. The fraction of sp³-hybridized carbons (Fsp3) is 0.611. The van der Waals surface area contributed by atoms with E-state index in [1.165, 1.54) is 11.1 Å². The van der Waals surface area contributed by atoms with Gasteiger partial charge in [0.05, 0.1) is 19.6 Å². The molecule has 0 heterocycles. The lowest BCUT2D eigenvalue weighted by Crippen LogP contribution is -2.33. The molecule has 1 aliphatic rings. The average molecular weight is 305 g/mol. The number of carbonyl (C=O) groups is 1. The van der Waals surface area contributed by atoms with Gasteiger partial charge in [0, 0.05) is 12.5 Å². The van der Waals surface area contributed by atoms with Crippen molar-refractivity contribution >= 4 is 5.91 Å². The molecule has 122 valence electrons. The topological polar surface area (TPSA) is 58.6 Å². The van der Waals surface area contributed by atoms with E-state index in [1.807, 2.05) is 19.9 Å². The molecule has 0 bridgehead atoms. The molecule has 0 radical (unpaired) electrons. The number of aliphatic hydroxyl groups excluding tert-OH is 1. The highest BCUT2D eigenvalue weighted by Gasteiger charge is 2.22. The lowest BCUT2D eigenvalue weighted by atomic mass is 9.82. The van der Waals surface area contributed by atoms with Crippen LogP contribution in [-0.4, -0.2) is 30.8 Å². The number of hydrogen-bond acceptors (Lipinski definition) is 3. The molecule has 1 amide bonds. The summed E-state index contributed by atoms with van der Waals surface area (Å²) in [6.07, 6.45) is 2.91. The summed E-state index contributed by atoms with van der Waals surface area (Å²) < 4.78 is 5.28. The Balaban J connectivity index is 1.94. The highest BCUT2D eigenvalue weighted by atomic mass is 16.5. The number of rotatable bonds is 6. The minimum absolute atomic E-state index is 0.0677. The maximum absolute atomic E-state index is 11.9. The molecule has 0 spiro atoms. The predicted molar refractivity (Wildman–Crippen MR) is 87.1 cm³/mol. The zero-order valence-electron chi connectivity index (χ0n) is 13.8. The van der Waals surface area contributed by atoms with Crippen LogP contribution >= 0.6 is 0 Å². The average Bonchev–Trinajstić information content (AvgIpc) is 2.52. The Morgan fingerprint density at radius 3 is 2.91 bits per heavy atom. The van der Waals surface area contributed by atoms with Crippen LogP contribution in [-0.2, 0) is 11.2 Å². The molecule has 0 fully saturated rings. The molecule has 2 rings (SSSR count). The van der Waals surface area contributed by atoms with Crippen molar-refractivity contribution in [2.24, 2.45) is 5.92 Å². The van der Waals surface area contributed by atoms with E-state index < -0.39 is 6.10 Å². The molecule has 0 saturated heterocycles. The minimum Gasteiger partial charge on any atom is -0.497 e. The Bertz CT molecular complexity index is 513. The smallest absolute Gasteiger partial charge is 0.222 e. The molecule has 0 saturated carbocycles. The first-order chi connectivity index (χ1) is 10.5. The van der Waals surface area contributed by atoms with E-state index in [1.54, 1.807) is 7.11 Å². The van der Waals surface area contributed by atoms with Gasteiger partial charge in [0.15, 0.2) is 0 Å². The number of fused-ring (bicyclic) bond motifs is 1. The SMILES string of the molecule is COc1ccc2c(c1)CCC[C@@H]2CNC(=O)C[C@H](O)C(C)C. The first-order valence-corrected chi connectivity index (χ1v) is 8.12. The molecule has 0 aliphatic heterocycles. The summed E-state index contributed by atoms with van der Waals surface area (Å²) in [6.45, 7) is 4.48. The molecule has 0 unspecified atom stereocenters. The fourth-order valence-electron chi connectivity index (χ4n) is 2.97. The Labute approximate surface area is 132 Å². The Kier molecular flexibility index (Phi) is 5.83. The van der Waals surface area contributed by atoms with E-state index in [2.05, 4.69) is 17.4 Å². The summed E-state index contributed by atoms with van der Waals surface area (Å²) in [5, 5.41) is 12.8. The predicted octanol–water partition coefficient (Wildman–Crippen LogP) is 2.64. The van der Waals surface area contributed by atoms with E-state index in [0.29, 0.717) is 12.5 Å². The van der Waals surface area contributed by atoms with Crippen LogP contribution in [0.4, 0.5) is 0 Å². The van der Waals surface area contributed by atoms with Crippen LogP contribution in [0.15, 0.2) is 18.2 Å². The van der Waals surface area contributed by atoms with Crippen LogP contribution in [0.3, 0.4) is 0 Å². The van der Waals surface area contributed by atoms with Gasteiger partial charge in [0.1, 0.15) is 5.75 Å². The number of amides is 1. The van der Waals surface area contributed by atoms with Gasteiger partial charge in [-0.15, -0.1) is 0 Å². The van der Waals surface area contributed by atoms with Crippen LogP contribution in [0, 0.1) is 5.92 Å². The molecular formula is C18H27NO3. The number of carbonyl (C=O) groups excluding carboxylic acids is 1. The Morgan fingerprint density at radius 1 is 1.45 bits per heavy atom. The quantitative estimate of drug-likeness (QED) is 0.849. The van der Waals surface area contributed by atoms with Gasteiger partial charge in [0.25, 0.3) is 0 Å². The second kappa shape index (κ2) is 7.63. The van der Waals surface area contributed by atoms with Crippen molar-refractivity contribution in [2.45, 2.75) is 51.6 Å². The molecule has 1 aromatic carbocycles. The van der Waals surface area contributed by atoms with Crippen molar-refractivity contribution in [2.75, 3.05) is 13.7 Å². The van der Waals surface area contributed by atoms with Gasteiger partial charge in [-0.05, 0) is 48.4 Å². The molecule has 1 aliphatic carbocycles. The molecule has 22 heavy (non-hydrogen) atoms. The Hall–Kier alpha value is -1.55. The van der Waals surface area contributed by atoms with Crippen molar-refractivity contribution in [3.05, 3.63) is 29.3 Å². The Morgan fingerprint density at radius 2 is 2.23 bits per heavy atom.